The summed E-state index contributed by atoms with van der Waals surface area (Å²) >= 11 is 5.45. The van der Waals surface area contributed by atoms with Crippen LogP contribution in [0.4, 0.5) is 26.3 Å². The van der Waals surface area contributed by atoms with Gasteiger partial charge in [-0.05, 0) is 18.2 Å². The van der Waals surface area contributed by atoms with E-state index in [0.29, 0.717) is 6.07 Å². The van der Waals surface area contributed by atoms with Crippen molar-refractivity contribution in [3.8, 4) is 5.75 Å². The second-order valence-electron chi connectivity index (χ2n) is 3.25. The number of hydrogen-bond donors (Lipinski definition) is 1. The maximum atomic E-state index is 12.3. The summed E-state index contributed by atoms with van der Waals surface area (Å²) in [5.74, 6) is -0.818. The lowest BCUT2D eigenvalue weighted by Gasteiger charge is -2.18. The third-order valence-corrected chi connectivity index (χ3v) is 2.23. The Morgan fingerprint density at radius 2 is 1.67 bits per heavy atom. The molecule has 102 valence electrons. The lowest BCUT2D eigenvalue weighted by atomic mass is 10.1. The van der Waals surface area contributed by atoms with E-state index in [9.17, 15) is 26.3 Å². The van der Waals surface area contributed by atoms with Gasteiger partial charge in [0.1, 0.15) is 11.8 Å². The van der Waals surface area contributed by atoms with Crippen LogP contribution in [0.15, 0.2) is 18.2 Å². The van der Waals surface area contributed by atoms with Crippen LogP contribution in [0.5, 0.6) is 5.75 Å². The third kappa shape index (κ3) is 3.95. The topological polar surface area (TPSA) is 35.2 Å². The van der Waals surface area contributed by atoms with E-state index in [4.69, 9.17) is 17.3 Å². The van der Waals surface area contributed by atoms with Crippen molar-refractivity contribution in [2.45, 2.75) is 18.6 Å². The first kappa shape index (κ1) is 14.9. The molecule has 1 rings (SSSR count). The molecule has 2 N–H and O–H groups in total. The third-order valence-electron chi connectivity index (χ3n) is 1.89. The van der Waals surface area contributed by atoms with Gasteiger partial charge in [-0.1, -0.05) is 11.6 Å². The number of alkyl halides is 6. The first-order chi connectivity index (χ1) is 8.00. The van der Waals surface area contributed by atoms with Crippen LogP contribution in [0.3, 0.4) is 0 Å². The average Bonchev–Trinajstić information content (AvgIpc) is 2.16. The standard InChI is InChI=1S/C9H6ClF6NO/c10-6-2-1-4(18-9(14,15)16)3-5(6)7(17)8(11,12)13/h1-3,7H,17H2/t7-/m0/s1. The van der Waals surface area contributed by atoms with Crippen LogP contribution in [0.25, 0.3) is 0 Å². The van der Waals surface area contributed by atoms with Crippen molar-refractivity contribution in [2.24, 2.45) is 5.73 Å². The summed E-state index contributed by atoms with van der Waals surface area (Å²) in [6.45, 7) is 0. The van der Waals surface area contributed by atoms with Crippen molar-refractivity contribution in [3.05, 3.63) is 28.8 Å². The largest absolute Gasteiger partial charge is 0.573 e. The molecule has 0 bridgehead atoms. The molecule has 0 saturated heterocycles. The summed E-state index contributed by atoms with van der Waals surface area (Å²) in [5, 5.41) is -0.394. The molecule has 0 fully saturated rings. The Morgan fingerprint density at radius 3 is 2.11 bits per heavy atom. The molecule has 0 aliphatic carbocycles. The Kier molecular flexibility index (Phi) is 4.02. The van der Waals surface area contributed by atoms with E-state index in [-0.39, 0.29) is 0 Å². The Morgan fingerprint density at radius 1 is 1.11 bits per heavy atom. The molecule has 2 nitrogen and oxygen atoms in total. The van der Waals surface area contributed by atoms with Crippen LogP contribution < -0.4 is 10.5 Å². The van der Waals surface area contributed by atoms with Gasteiger partial charge in [0.25, 0.3) is 0 Å². The minimum Gasteiger partial charge on any atom is -0.406 e. The van der Waals surface area contributed by atoms with Crippen molar-refractivity contribution in [1.82, 2.24) is 0 Å². The maximum absolute atomic E-state index is 12.3. The lowest BCUT2D eigenvalue weighted by molar-refractivity contribution is -0.274. The van der Waals surface area contributed by atoms with Crippen LogP contribution in [0, 0.1) is 0 Å². The zero-order chi connectivity index (χ0) is 14.1. The molecule has 0 aliphatic heterocycles. The SMILES string of the molecule is N[C@@H](c1cc(OC(F)(F)F)ccc1Cl)C(F)(F)F. The predicted molar refractivity (Wildman–Crippen MR) is 51.1 cm³/mol. The van der Waals surface area contributed by atoms with E-state index in [1.54, 1.807) is 0 Å². The number of rotatable bonds is 2. The molecule has 0 radical (unpaired) electrons. The normalized spacial score (nSPS) is 14.4. The molecule has 9 heteroatoms. The number of ether oxygens (including phenoxy) is 1. The molecule has 0 amide bonds. The Labute approximate surface area is 102 Å². The first-order valence-electron chi connectivity index (χ1n) is 4.38. The molecule has 18 heavy (non-hydrogen) atoms. The van der Waals surface area contributed by atoms with Gasteiger partial charge in [0.15, 0.2) is 0 Å². The highest BCUT2D eigenvalue weighted by Gasteiger charge is 2.39. The fourth-order valence-corrected chi connectivity index (χ4v) is 1.37. The minimum atomic E-state index is -5.01. The van der Waals surface area contributed by atoms with Crippen molar-refractivity contribution >= 4 is 11.6 Å². The molecule has 1 atom stereocenters. The van der Waals surface area contributed by atoms with E-state index < -0.39 is 34.9 Å². The van der Waals surface area contributed by atoms with Crippen molar-refractivity contribution < 1.29 is 31.1 Å². The van der Waals surface area contributed by atoms with Gasteiger partial charge in [-0.15, -0.1) is 13.2 Å². The molecular formula is C9H6ClF6NO. The van der Waals surface area contributed by atoms with Crippen LogP contribution in [0.1, 0.15) is 11.6 Å². The summed E-state index contributed by atoms with van der Waals surface area (Å²) in [4.78, 5) is 0. The molecule has 0 saturated carbocycles. The fourth-order valence-electron chi connectivity index (χ4n) is 1.13. The van der Waals surface area contributed by atoms with Gasteiger partial charge < -0.3 is 10.5 Å². The molecule has 1 aromatic rings. The van der Waals surface area contributed by atoms with Gasteiger partial charge in [-0.25, -0.2) is 0 Å². The maximum Gasteiger partial charge on any atom is 0.573 e. The summed E-state index contributed by atoms with van der Waals surface area (Å²) < 4.78 is 76.2. The van der Waals surface area contributed by atoms with Gasteiger partial charge in [0, 0.05) is 10.6 Å². The van der Waals surface area contributed by atoms with Crippen LogP contribution in [0.2, 0.25) is 5.02 Å². The molecule has 0 unspecified atom stereocenters. The van der Waals surface area contributed by atoms with Gasteiger partial charge >= 0.3 is 12.5 Å². The molecular weight excluding hydrogens is 288 g/mol. The van der Waals surface area contributed by atoms with Crippen LogP contribution in [-0.4, -0.2) is 12.5 Å². The van der Waals surface area contributed by atoms with E-state index in [1.807, 2.05) is 0 Å². The van der Waals surface area contributed by atoms with E-state index in [2.05, 4.69) is 4.74 Å². The molecule has 0 heterocycles. The minimum absolute atomic E-state index is 0.394. The van der Waals surface area contributed by atoms with Gasteiger partial charge in [0.2, 0.25) is 0 Å². The zero-order valence-corrected chi connectivity index (χ0v) is 9.20. The van der Waals surface area contributed by atoms with E-state index in [0.717, 1.165) is 12.1 Å². The number of halogens is 7. The second-order valence-corrected chi connectivity index (χ2v) is 3.66. The number of hydrogen-bond acceptors (Lipinski definition) is 2. The van der Waals surface area contributed by atoms with Crippen molar-refractivity contribution in [2.75, 3.05) is 0 Å². The van der Waals surface area contributed by atoms with Crippen LogP contribution in [-0.2, 0) is 0 Å². The summed E-state index contributed by atoms with van der Waals surface area (Å²) in [6, 6.07) is -0.332. The molecule has 1 aromatic carbocycles. The quantitative estimate of drug-likeness (QED) is 0.842. The molecule has 0 aliphatic rings. The number of benzene rings is 1. The summed E-state index contributed by atoms with van der Waals surface area (Å²) in [6.07, 6.45) is -9.83. The summed E-state index contributed by atoms with van der Waals surface area (Å²) in [5.41, 5.74) is 4.17. The smallest absolute Gasteiger partial charge is 0.406 e. The highest BCUT2D eigenvalue weighted by atomic mass is 35.5. The molecule has 0 spiro atoms. The van der Waals surface area contributed by atoms with Gasteiger partial charge in [0.05, 0.1) is 0 Å². The Bertz CT molecular complexity index is 430. The summed E-state index contributed by atoms with van der Waals surface area (Å²) in [7, 11) is 0. The Hall–Kier alpha value is -1.15. The van der Waals surface area contributed by atoms with Crippen molar-refractivity contribution in [3.63, 3.8) is 0 Å². The second kappa shape index (κ2) is 4.85. The van der Waals surface area contributed by atoms with Gasteiger partial charge in [-0.3, -0.25) is 0 Å². The zero-order valence-electron chi connectivity index (χ0n) is 8.44. The monoisotopic (exact) mass is 293 g/mol. The van der Waals surface area contributed by atoms with Gasteiger partial charge in [-0.2, -0.15) is 13.2 Å². The van der Waals surface area contributed by atoms with Crippen LogP contribution >= 0.6 is 11.6 Å². The first-order valence-corrected chi connectivity index (χ1v) is 4.76. The van der Waals surface area contributed by atoms with E-state index >= 15 is 0 Å². The predicted octanol–water partition coefficient (Wildman–Crippen LogP) is 3.80. The average molecular weight is 294 g/mol. The van der Waals surface area contributed by atoms with Crippen molar-refractivity contribution in [1.29, 1.82) is 0 Å². The Balaban J connectivity index is 3.09. The van der Waals surface area contributed by atoms with E-state index in [1.165, 1.54) is 0 Å². The fraction of sp³-hybridized carbons (Fsp3) is 0.333. The molecule has 0 aromatic heterocycles. The lowest BCUT2D eigenvalue weighted by Crippen LogP contribution is -2.28. The number of nitrogens with two attached hydrogens (primary N) is 1. The highest BCUT2D eigenvalue weighted by molar-refractivity contribution is 6.31. The highest BCUT2D eigenvalue weighted by Crippen LogP contribution is 2.36.